The van der Waals surface area contributed by atoms with Crippen LogP contribution >= 0.6 is 15.8 Å². The van der Waals surface area contributed by atoms with Gasteiger partial charge in [0.15, 0.2) is 0 Å². The van der Waals surface area contributed by atoms with Crippen LogP contribution in [-0.4, -0.2) is 24.6 Å². The molecule has 0 nitrogen and oxygen atoms in total. The predicted octanol–water partition coefficient (Wildman–Crippen LogP) is 6.98. The number of rotatable bonds is 13. The van der Waals surface area contributed by atoms with E-state index >= 15 is 0 Å². The summed E-state index contributed by atoms with van der Waals surface area (Å²) in [6.07, 6.45) is 13.9. The first-order valence-electron chi connectivity index (χ1n) is 10.4. The van der Waals surface area contributed by atoms with E-state index in [1.807, 2.05) is 0 Å². The first kappa shape index (κ1) is 21.6. The highest BCUT2D eigenvalue weighted by atomic mass is 31.1. The standard InChI is InChI=1S/C24H36P2/c1-3-5-19-25(23-15-9-7-10-16-23)21-13-14-22-26(20-6-4-2)24-17-11-8-12-18-24/h7-12,15-18H,3-6,13-14,19-22H2,1-2H3. The Morgan fingerprint density at radius 1 is 0.500 bits per heavy atom. The van der Waals surface area contributed by atoms with Gasteiger partial charge in [0.05, 0.1) is 0 Å². The monoisotopic (exact) mass is 386 g/mol. The maximum atomic E-state index is 2.36. The van der Waals surface area contributed by atoms with Gasteiger partial charge in [-0.25, -0.2) is 0 Å². The normalized spacial score (nSPS) is 13.5. The molecule has 0 aromatic heterocycles. The quantitative estimate of drug-likeness (QED) is 0.257. The zero-order valence-corrected chi connectivity index (χ0v) is 18.5. The third-order valence-corrected chi connectivity index (χ3v) is 10.4. The minimum atomic E-state index is 0.0494. The lowest BCUT2D eigenvalue weighted by atomic mass is 10.4. The van der Waals surface area contributed by atoms with Gasteiger partial charge in [-0.3, -0.25) is 0 Å². The van der Waals surface area contributed by atoms with E-state index in [0.29, 0.717) is 0 Å². The molecular weight excluding hydrogens is 350 g/mol. The number of benzene rings is 2. The number of unbranched alkanes of at least 4 members (excludes halogenated alkanes) is 3. The van der Waals surface area contributed by atoms with Crippen LogP contribution in [0.4, 0.5) is 0 Å². The largest absolute Gasteiger partial charge is 0.0753 e. The van der Waals surface area contributed by atoms with E-state index in [1.54, 1.807) is 10.6 Å². The smallest absolute Gasteiger partial charge is 0.0240 e. The van der Waals surface area contributed by atoms with Crippen molar-refractivity contribution in [1.29, 1.82) is 0 Å². The van der Waals surface area contributed by atoms with Crippen LogP contribution in [0, 0.1) is 0 Å². The average Bonchev–Trinajstić information content (AvgIpc) is 2.71. The molecule has 2 atom stereocenters. The molecule has 0 aliphatic heterocycles. The van der Waals surface area contributed by atoms with E-state index in [0.717, 1.165) is 0 Å². The highest BCUT2D eigenvalue weighted by Gasteiger charge is 2.12. The summed E-state index contributed by atoms with van der Waals surface area (Å²) in [5, 5.41) is 3.24. The summed E-state index contributed by atoms with van der Waals surface area (Å²) in [5.74, 6) is 0. The molecule has 0 radical (unpaired) electrons. The van der Waals surface area contributed by atoms with Gasteiger partial charge in [-0.1, -0.05) is 103 Å². The van der Waals surface area contributed by atoms with Crippen molar-refractivity contribution in [1.82, 2.24) is 0 Å². The average molecular weight is 386 g/mol. The molecule has 0 N–H and O–H groups in total. The molecule has 2 aromatic rings. The molecule has 0 fully saturated rings. The zero-order valence-electron chi connectivity index (χ0n) is 16.7. The molecular formula is C24H36P2. The molecule has 2 aromatic carbocycles. The van der Waals surface area contributed by atoms with Gasteiger partial charge in [-0.05, 0) is 60.9 Å². The molecule has 0 amide bonds. The van der Waals surface area contributed by atoms with Gasteiger partial charge >= 0.3 is 0 Å². The summed E-state index contributed by atoms with van der Waals surface area (Å²) >= 11 is 0. The Morgan fingerprint density at radius 2 is 0.846 bits per heavy atom. The van der Waals surface area contributed by atoms with Gasteiger partial charge < -0.3 is 0 Å². The topological polar surface area (TPSA) is 0 Å². The van der Waals surface area contributed by atoms with Crippen LogP contribution in [0.2, 0.25) is 0 Å². The lowest BCUT2D eigenvalue weighted by Crippen LogP contribution is -2.08. The van der Waals surface area contributed by atoms with Crippen molar-refractivity contribution in [2.45, 2.75) is 52.4 Å². The molecule has 2 unspecified atom stereocenters. The Morgan fingerprint density at radius 3 is 1.19 bits per heavy atom. The summed E-state index contributed by atoms with van der Waals surface area (Å²) in [7, 11) is 0.0989. The van der Waals surface area contributed by atoms with Crippen LogP contribution in [0.25, 0.3) is 0 Å². The molecule has 26 heavy (non-hydrogen) atoms. The van der Waals surface area contributed by atoms with Crippen molar-refractivity contribution in [3.63, 3.8) is 0 Å². The summed E-state index contributed by atoms with van der Waals surface area (Å²) < 4.78 is 0. The molecule has 0 aliphatic rings. The summed E-state index contributed by atoms with van der Waals surface area (Å²) in [5.41, 5.74) is 0. The van der Waals surface area contributed by atoms with Gasteiger partial charge in [0.25, 0.3) is 0 Å². The Labute approximate surface area is 164 Å². The minimum absolute atomic E-state index is 0.0494. The fourth-order valence-electron chi connectivity index (χ4n) is 3.32. The summed E-state index contributed by atoms with van der Waals surface area (Å²) in [4.78, 5) is 0. The third-order valence-electron chi connectivity index (χ3n) is 4.91. The second-order valence-electron chi connectivity index (χ2n) is 7.06. The second-order valence-corrected chi connectivity index (χ2v) is 12.0. The van der Waals surface area contributed by atoms with Gasteiger partial charge in [-0.15, -0.1) is 0 Å². The minimum Gasteiger partial charge on any atom is -0.0753 e. The van der Waals surface area contributed by atoms with Crippen molar-refractivity contribution in [2.75, 3.05) is 24.6 Å². The van der Waals surface area contributed by atoms with Gasteiger partial charge in [0.1, 0.15) is 0 Å². The highest BCUT2D eigenvalue weighted by molar-refractivity contribution is 7.66. The van der Waals surface area contributed by atoms with E-state index < -0.39 is 0 Å². The number of hydrogen-bond donors (Lipinski definition) is 0. The maximum Gasteiger partial charge on any atom is -0.0240 e. The van der Waals surface area contributed by atoms with Gasteiger partial charge in [-0.2, -0.15) is 0 Å². The van der Waals surface area contributed by atoms with Gasteiger partial charge in [0.2, 0.25) is 0 Å². The Balaban J connectivity index is 1.84. The SMILES string of the molecule is CCCCP(CCCCP(CCCC)c1ccccc1)c1ccccc1. The van der Waals surface area contributed by atoms with E-state index in [-0.39, 0.29) is 15.8 Å². The molecule has 0 heterocycles. The first-order valence-corrected chi connectivity index (χ1v) is 13.9. The molecule has 2 rings (SSSR count). The predicted molar refractivity (Wildman–Crippen MR) is 125 cm³/mol. The van der Waals surface area contributed by atoms with Crippen LogP contribution in [0.5, 0.6) is 0 Å². The van der Waals surface area contributed by atoms with Crippen molar-refractivity contribution in [2.24, 2.45) is 0 Å². The molecule has 2 heteroatoms. The van der Waals surface area contributed by atoms with Crippen molar-refractivity contribution < 1.29 is 0 Å². The lowest BCUT2D eigenvalue weighted by Gasteiger charge is -2.20. The molecule has 0 aliphatic carbocycles. The van der Waals surface area contributed by atoms with Crippen molar-refractivity contribution >= 4 is 26.5 Å². The van der Waals surface area contributed by atoms with Crippen LogP contribution < -0.4 is 10.6 Å². The fraction of sp³-hybridized carbons (Fsp3) is 0.500. The second kappa shape index (κ2) is 13.5. The molecule has 0 saturated carbocycles. The van der Waals surface area contributed by atoms with E-state index in [2.05, 4.69) is 74.5 Å². The van der Waals surface area contributed by atoms with Crippen LogP contribution in [0.15, 0.2) is 60.7 Å². The molecule has 142 valence electrons. The first-order chi connectivity index (χ1) is 12.8. The summed E-state index contributed by atoms with van der Waals surface area (Å²) in [6, 6.07) is 22.6. The maximum absolute atomic E-state index is 2.36. The van der Waals surface area contributed by atoms with Crippen LogP contribution in [0.3, 0.4) is 0 Å². The van der Waals surface area contributed by atoms with E-state index in [4.69, 9.17) is 0 Å². The number of hydrogen-bond acceptors (Lipinski definition) is 0. The van der Waals surface area contributed by atoms with E-state index in [9.17, 15) is 0 Å². The lowest BCUT2D eigenvalue weighted by molar-refractivity contribution is 0.865. The van der Waals surface area contributed by atoms with Crippen LogP contribution in [-0.2, 0) is 0 Å². The van der Waals surface area contributed by atoms with Crippen molar-refractivity contribution in [3.05, 3.63) is 60.7 Å². The highest BCUT2D eigenvalue weighted by Crippen LogP contribution is 2.40. The Kier molecular flexibility index (Phi) is 11.2. The van der Waals surface area contributed by atoms with E-state index in [1.165, 1.54) is 63.2 Å². The molecule has 0 spiro atoms. The molecule has 0 bridgehead atoms. The zero-order chi connectivity index (χ0) is 18.5. The fourth-order valence-corrected chi connectivity index (χ4v) is 8.60. The third kappa shape index (κ3) is 7.90. The Hall–Kier alpha value is -0.700. The summed E-state index contributed by atoms with van der Waals surface area (Å²) in [6.45, 7) is 4.64. The van der Waals surface area contributed by atoms with Gasteiger partial charge in [0, 0.05) is 0 Å². The van der Waals surface area contributed by atoms with Crippen molar-refractivity contribution in [3.8, 4) is 0 Å². The Bertz CT molecular complexity index is 514. The molecule has 0 saturated heterocycles. The van der Waals surface area contributed by atoms with Crippen LogP contribution in [0.1, 0.15) is 52.4 Å².